The SMILES string of the molecule is Cc1ccnc(-c2[nH]c3c(F)cc(F)cc3c2C(=O)NN)c1. The standard InChI is InChI=1S/C15H12F2N4O/c1-7-2-3-19-11(4-7)14-12(15(22)21-18)9-5-8(16)6-10(17)13(9)20-14/h2-6,20H,18H2,1H3,(H,21,22). The van der Waals surface area contributed by atoms with Crippen molar-refractivity contribution in [3.8, 4) is 11.4 Å². The van der Waals surface area contributed by atoms with Crippen LogP contribution in [0.25, 0.3) is 22.3 Å². The van der Waals surface area contributed by atoms with E-state index in [0.717, 1.165) is 17.7 Å². The Kier molecular flexibility index (Phi) is 3.34. The predicted molar refractivity (Wildman–Crippen MR) is 77.8 cm³/mol. The van der Waals surface area contributed by atoms with Crippen LogP contribution in [0, 0.1) is 18.6 Å². The number of carbonyl (C=O) groups excluding carboxylic acids is 1. The first-order valence-electron chi connectivity index (χ1n) is 6.46. The van der Waals surface area contributed by atoms with Gasteiger partial charge in [-0.3, -0.25) is 15.2 Å². The Balaban J connectivity index is 2.39. The van der Waals surface area contributed by atoms with Gasteiger partial charge in [0.15, 0.2) is 0 Å². The highest BCUT2D eigenvalue weighted by Gasteiger charge is 2.22. The molecule has 1 aromatic carbocycles. The highest BCUT2D eigenvalue weighted by molar-refractivity contribution is 6.12. The van der Waals surface area contributed by atoms with E-state index >= 15 is 0 Å². The van der Waals surface area contributed by atoms with Gasteiger partial charge in [0.25, 0.3) is 5.91 Å². The van der Waals surface area contributed by atoms with Gasteiger partial charge in [0.2, 0.25) is 0 Å². The lowest BCUT2D eigenvalue weighted by molar-refractivity contribution is 0.0956. The summed E-state index contributed by atoms with van der Waals surface area (Å²) in [5, 5.41) is 0.110. The molecule has 0 atom stereocenters. The molecule has 3 aromatic rings. The summed E-state index contributed by atoms with van der Waals surface area (Å²) in [6.45, 7) is 1.86. The number of nitrogens with zero attached hydrogens (tertiary/aromatic N) is 1. The number of fused-ring (bicyclic) bond motifs is 1. The number of H-pyrrole nitrogens is 1. The number of benzene rings is 1. The normalized spacial score (nSPS) is 10.9. The second-order valence-electron chi connectivity index (χ2n) is 4.88. The van der Waals surface area contributed by atoms with Gasteiger partial charge in [-0.15, -0.1) is 0 Å². The molecular weight excluding hydrogens is 290 g/mol. The number of halogens is 2. The van der Waals surface area contributed by atoms with Crippen LogP contribution in [0.1, 0.15) is 15.9 Å². The van der Waals surface area contributed by atoms with Gasteiger partial charge in [0.05, 0.1) is 22.5 Å². The second-order valence-corrected chi connectivity index (χ2v) is 4.88. The van der Waals surface area contributed by atoms with E-state index < -0.39 is 17.5 Å². The lowest BCUT2D eigenvalue weighted by atomic mass is 10.1. The zero-order valence-electron chi connectivity index (χ0n) is 11.6. The Morgan fingerprint density at radius 1 is 1.32 bits per heavy atom. The first-order valence-corrected chi connectivity index (χ1v) is 6.46. The van der Waals surface area contributed by atoms with Crippen molar-refractivity contribution >= 4 is 16.8 Å². The first kappa shape index (κ1) is 14.2. The zero-order valence-corrected chi connectivity index (χ0v) is 11.6. The maximum atomic E-state index is 13.9. The van der Waals surface area contributed by atoms with E-state index in [-0.39, 0.29) is 22.2 Å². The number of hydrazine groups is 1. The van der Waals surface area contributed by atoms with E-state index in [9.17, 15) is 13.6 Å². The van der Waals surface area contributed by atoms with Gasteiger partial charge in [0.1, 0.15) is 11.6 Å². The third-order valence-electron chi connectivity index (χ3n) is 3.35. The van der Waals surface area contributed by atoms with Crippen molar-refractivity contribution in [1.82, 2.24) is 15.4 Å². The van der Waals surface area contributed by atoms with E-state index in [0.29, 0.717) is 5.69 Å². The van der Waals surface area contributed by atoms with Crippen molar-refractivity contribution in [3.63, 3.8) is 0 Å². The maximum absolute atomic E-state index is 13.9. The molecule has 0 aliphatic carbocycles. The molecule has 0 saturated carbocycles. The topological polar surface area (TPSA) is 83.8 Å². The zero-order chi connectivity index (χ0) is 15.9. The minimum Gasteiger partial charge on any atom is -0.350 e. The number of amides is 1. The van der Waals surface area contributed by atoms with Crippen LogP contribution < -0.4 is 11.3 Å². The molecular formula is C15H12F2N4O. The summed E-state index contributed by atoms with van der Waals surface area (Å²) >= 11 is 0. The number of nitrogens with two attached hydrogens (primary N) is 1. The molecule has 1 amide bonds. The van der Waals surface area contributed by atoms with Crippen molar-refractivity contribution in [2.24, 2.45) is 5.84 Å². The minimum absolute atomic E-state index is 0.0262. The number of aromatic amines is 1. The summed E-state index contributed by atoms with van der Waals surface area (Å²) in [7, 11) is 0. The molecule has 0 spiro atoms. The third kappa shape index (κ3) is 2.21. The van der Waals surface area contributed by atoms with Crippen molar-refractivity contribution in [1.29, 1.82) is 0 Å². The molecule has 5 nitrogen and oxygen atoms in total. The fourth-order valence-electron chi connectivity index (χ4n) is 2.39. The van der Waals surface area contributed by atoms with Crippen LogP contribution in [-0.2, 0) is 0 Å². The predicted octanol–water partition coefficient (Wildman–Crippen LogP) is 2.42. The van der Waals surface area contributed by atoms with Crippen molar-refractivity contribution < 1.29 is 13.6 Å². The monoisotopic (exact) mass is 302 g/mol. The molecule has 112 valence electrons. The van der Waals surface area contributed by atoms with E-state index in [4.69, 9.17) is 5.84 Å². The quantitative estimate of drug-likeness (QED) is 0.386. The number of aryl methyl sites for hydroxylation is 1. The Labute approximate surface area is 124 Å². The molecule has 0 fully saturated rings. The summed E-state index contributed by atoms with van der Waals surface area (Å²) in [5.74, 6) is 2.96. The molecule has 0 aliphatic rings. The Morgan fingerprint density at radius 2 is 2.09 bits per heavy atom. The first-order chi connectivity index (χ1) is 10.5. The van der Waals surface area contributed by atoms with Gasteiger partial charge in [-0.2, -0.15) is 0 Å². The largest absolute Gasteiger partial charge is 0.350 e. The van der Waals surface area contributed by atoms with Crippen LogP contribution in [0.2, 0.25) is 0 Å². The number of aromatic nitrogens is 2. The smallest absolute Gasteiger partial charge is 0.268 e. The van der Waals surface area contributed by atoms with E-state index in [2.05, 4.69) is 9.97 Å². The molecule has 2 aromatic heterocycles. The van der Waals surface area contributed by atoms with Crippen LogP contribution in [0.4, 0.5) is 8.78 Å². The molecule has 2 heterocycles. The molecule has 7 heteroatoms. The van der Waals surface area contributed by atoms with E-state index in [1.165, 1.54) is 0 Å². The molecule has 4 N–H and O–H groups in total. The van der Waals surface area contributed by atoms with Crippen LogP contribution in [0.15, 0.2) is 30.5 Å². The van der Waals surface area contributed by atoms with Crippen LogP contribution in [0.5, 0.6) is 0 Å². The molecule has 3 rings (SSSR count). The molecule has 0 bridgehead atoms. The van der Waals surface area contributed by atoms with Gasteiger partial charge in [0, 0.05) is 17.6 Å². The molecule has 0 saturated heterocycles. The van der Waals surface area contributed by atoms with Crippen molar-refractivity contribution in [2.75, 3.05) is 0 Å². The minimum atomic E-state index is -0.792. The fraction of sp³-hybridized carbons (Fsp3) is 0.0667. The maximum Gasteiger partial charge on any atom is 0.268 e. The van der Waals surface area contributed by atoms with Gasteiger partial charge in [-0.25, -0.2) is 14.6 Å². The van der Waals surface area contributed by atoms with Crippen molar-refractivity contribution in [3.05, 3.63) is 53.2 Å². The average Bonchev–Trinajstić information content (AvgIpc) is 2.86. The van der Waals surface area contributed by atoms with Crippen LogP contribution in [0.3, 0.4) is 0 Å². The summed E-state index contributed by atoms with van der Waals surface area (Å²) in [6, 6.07) is 5.34. The summed E-state index contributed by atoms with van der Waals surface area (Å²) < 4.78 is 27.4. The summed E-state index contributed by atoms with van der Waals surface area (Å²) in [6.07, 6.45) is 1.57. The van der Waals surface area contributed by atoms with Gasteiger partial charge in [-0.1, -0.05) is 0 Å². The number of nitrogen functional groups attached to an aromatic ring is 1. The van der Waals surface area contributed by atoms with Crippen molar-refractivity contribution in [2.45, 2.75) is 6.92 Å². The lowest BCUT2D eigenvalue weighted by Crippen LogP contribution is -2.30. The van der Waals surface area contributed by atoms with E-state index in [1.54, 1.807) is 18.3 Å². The number of pyridine rings is 1. The van der Waals surface area contributed by atoms with Gasteiger partial charge in [-0.05, 0) is 30.7 Å². The Morgan fingerprint density at radius 3 is 2.77 bits per heavy atom. The average molecular weight is 302 g/mol. The third-order valence-corrected chi connectivity index (χ3v) is 3.35. The molecule has 0 unspecified atom stereocenters. The molecule has 0 radical (unpaired) electrons. The van der Waals surface area contributed by atoms with Gasteiger partial charge >= 0.3 is 0 Å². The molecule has 22 heavy (non-hydrogen) atoms. The highest BCUT2D eigenvalue weighted by atomic mass is 19.1. The lowest BCUT2D eigenvalue weighted by Gasteiger charge is -2.04. The summed E-state index contributed by atoms with van der Waals surface area (Å²) in [5.41, 5.74) is 3.70. The summed E-state index contributed by atoms with van der Waals surface area (Å²) in [4.78, 5) is 19.0. The second kappa shape index (κ2) is 5.19. The Bertz CT molecular complexity index is 889. The van der Waals surface area contributed by atoms with Crippen LogP contribution in [-0.4, -0.2) is 15.9 Å². The highest BCUT2D eigenvalue weighted by Crippen LogP contribution is 2.31. The number of carbonyl (C=O) groups is 1. The van der Waals surface area contributed by atoms with Crippen LogP contribution >= 0.6 is 0 Å². The molecule has 0 aliphatic heterocycles. The Hall–Kier alpha value is -2.80. The van der Waals surface area contributed by atoms with E-state index in [1.807, 2.05) is 12.3 Å². The number of hydrogen-bond acceptors (Lipinski definition) is 3. The number of nitrogens with one attached hydrogen (secondary N) is 2. The number of rotatable bonds is 2. The van der Waals surface area contributed by atoms with Gasteiger partial charge < -0.3 is 4.98 Å². The fourth-order valence-corrected chi connectivity index (χ4v) is 2.39. The number of hydrogen-bond donors (Lipinski definition) is 3.